The van der Waals surface area contributed by atoms with Gasteiger partial charge < -0.3 is 10.1 Å². The summed E-state index contributed by atoms with van der Waals surface area (Å²) in [5.74, 6) is 0.744. The lowest BCUT2D eigenvalue weighted by Crippen LogP contribution is -2.50. The fourth-order valence-corrected chi connectivity index (χ4v) is 3.36. The maximum absolute atomic E-state index is 11.3. The second-order valence-corrected chi connectivity index (χ2v) is 7.93. The smallest absolute Gasteiger partial charge is 0.209 e. The largest absolute Gasteiger partial charge is 0.496 e. The van der Waals surface area contributed by atoms with Gasteiger partial charge in [-0.15, -0.1) is 0 Å². The number of rotatable bonds is 7. The first-order chi connectivity index (χ1) is 9.54. The summed E-state index contributed by atoms with van der Waals surface area (Å²) in [5, 5.41) is 3.93. The molecule has 1 unspecified atom stereocenters. The molecule has 1 aromatic carbocycles. The van der Waals surface area contributed by atoms with Crippen molar-refractivity contribution in [1.82, 2.24) is 10.0 Å². The summed E-state index contributed by atoms with van der Waals surface area (Å²) in [6, 6.07) is 5.40. The summed E-state index contributed by atoms with van der Waals surface area (Å²) in [6.45, 7) is 6.09. The zero-order chi connectivity index (χ0) is 16.3. The zero-order valence-corrected chi connectivity index (χ0v) is 14.6. The van der Waals surface area contributed by atoms with Crippen molar-refractivity contribution in [3.63, 3.8) is 0 Å². The molecule has 120 valence electrons. The van der Waals surface area contributed by atoms with Gasteiger partial charge in [0, 0.05) is 28.7 Å². The summed E-state index contributed by atoms with van der Waals surface area (Å²) in [4.78, 5) is 0. The van der Waals surface area contributed by atoms with Crippen molar-refractivity contribution < 1.29 is 13.2 Å². The first kappa shape index (κ1) is 18.2. The van der Waals surface area contributed by atoms with Gasteiger partial charge in [-0.3, -0.25) is 0 Å². The van der Waals surface area contributed by atoms with Crippen LogP contribution in [-0.4, -0.2) is 33.9 Å². The zero-order valence-electron chi connectivity index (χ0n) is 13.0. The summed E-state index contributed by atoms with van der Waals surface area (Å²) >= 11 is 6.02. The van der Waals surface area contributed by atoms with E-state index >= 15 is 0 Å². The van der Waals surface area contributed by atoms with Crippen LogP contribution in [-0.2, 0) is 10.0 Å². The lowest BCUT2D eigenvalue weighted by Gasteiger charge is -2.28. The summed E-state index contributed by atoms with van der Waals surface area (Å²) in [6.07, 6.45) is 1.15. The summed E-state index contributed by atoms with van der Waals surface area (Å²) in [7, 11) is -1.64. The molecule has 0 amide bonds. The molecule has 0 aliphatic carbocycles. The van der Waals surface area contributed by atoms with Crippen LogP contribution in [0.3, 0.4) is 0 Å². The predicted molar refractivity (Wildman–Crippen MR) is 86.5 cm³/mol. The lowest BCUT2D eigenvalue weighted by molar-refractivity contribution is 0.380. The molecule has 0 saturated carbocycles. The second-order valence-electron chi connectivity index (χ2n) is 5.75. The topological polar surface area (TPSA) is 67.4 Å². The molecule has 0 bridgehead atoms. The Labute approximate surface area is 132 Å². The Bertz CT molecular complexity index is 588. The van der Waals surface area contributed by atoms with E-state index in [1.54, 1.807) is 13.2 Å². The maximum atomic E-state index is 11.3. The lowest BCUT2D eigenvalue weighted by atomic mass is 10.0. The Morgan fingerprint density at radius 3 is 2.52 bits per heavy atom. The molecule has 2 N–H and O–H groups in total. The fraction of sp³-hybridized carbons (Fsp3) is 0.571. The molecule has 0 aliphatic heterocycles. The molecule has 0 aliphatic rings. The third-order valence-corrected chi connectivity index (χ3v) is 4.13. The van der Waals surface area contributed by atoms with Crippen LogP contribution in [0.4, 0.5) is 0 Å². The molecule has 1 aromatic rings. The van der Waals surface area contributed by atoms with E-state index in [1.165, 1.54) is 0 Å². The van der Waals surface area contributed by atoms with Crippen molar-refractivity contribution in [1.29, 1.82) is 0 Å². The quantitative estimate of drug-likeness (QED) is 0.803. The van der Waals surface area contributed by atoms with Crippen molar-refractivity contribution in [3.05, 3.63) is 28.8 Å². The maximum Gasteiger partial charge on any atom is 0.209 e. The van der Waals surface area contributed by atoms with Crippen LogP contribution in [0.25, 0.3) is 0 Å². The van der Waals surface area contributed by atoms with Crippen LogP contribution >= 0.6 is 11.6 Å². The monoisotopic (exact) mass is 334 g/mol. The van der Waals surface area contributed by atoms with Gasteiger partial charge in [-0.05, 0) is 39.0 Å². The molecule has 1 atom stereocenters. The Hall–Kier alpha value is -0.820. The van der Waals surface area contributed by atoms with Crippen LogP contribution in [0.2, 0.25) is 5.02 Å². The number of hydrogen-bond acceptors (Lipinski definition) is 4. The highest BCUT2D eigenvalue weighted by atomic mass is 35.5. The molecule has 0 spiro atoms. The van der Waals surface area contributed by atoms with E-state index in [0.29, 0.717) is 11.6 Å². The molecule has 21 heavy (non-hydrogen) atoms. The average Bonchev–Trinajstić information content (AvgIpc) is 2.33. The molecule has 0 aromatic heterocycles. The second kappa shape index (κ2) is 6.96. The molecule has 1 rings (SSSR count). The predicted octanol–water partition coefficient (Wildman–Crippen LogP) is 2.33. The van der Waals surface area contributed by atoms with Crippen LogP contribution < -0.4 is 14.8 Å². The Morgan fingerprint density at radius 1 is 1.38 bits per heavy atom. The molecule has 0 fully saturated rings. The van der Waals surface area contributed by atoms with E-state index < -0.39 is 15.6 Å². The van der Waals surface area contributed by atoms with E-state index in [4.69, 9.17) is 16.3 Å². The first-order valence-corrected chi connectivity index (χ1v) is 8.87. The Morgan fingerprint density at radius 2 is 2.00 bits per heavy atom. The van der Waals surface area contributed by atoms with Gasteiger partial charge in [0.25, 0.3) is 0 Å². The van der Waals surface area contributed by atoms with Gasteiger partial charge in [0.05, 0.1) is 13.4 Å². The third-order valence-electron chi connectivity index (χ3n) is 2.97. The minimum atomic E-state index is -3.25. The van der Waals surface area contributed by atoms with E-state index in [0.717, 1.165) is 17.6 Å². The number of hydrogen-bond donors (Lipinski definition) is 2. The van der Waals surface area contributed by atoms with Gasteiger partial charge in [0.2, 0.25) is 10.0 Å². The number of ether oxygens (including phenoxy) is 1. The van der Waals surface area contributed by atoms with Crippen molar-refractivity contribution in [3.8, 4) is 5.75 Å². The van der Waals surface area contributed by atoms with E-state index in [9.17, 15) is 8.42 Å². The minimum absolute atomic E-state index is 0.0284. The van der Waals surface area contributed by atoms with Crippen molar-refractivity contribution in [2.24, 2.45) is 0 Å². The highest BCUT2D eigenvalue weighted by Crippen LogP contribution is 2.28. The number of methoxy groups -OCH3 is 1. The van der Waals surface area contributed by atoms with Crippen molar-refractivity contribution in [2.45, 2.75) is 32.4 Å². The minimum Gasteiger partial charge on any atom is -0.496 e. The molecular formula is C14H23ClN2O3S. The molecule has 7 heteroatoms. The van der Waals surface area contributed by atoms with Crippen molar-refractivity contribution in [2.75, 3.05) is 19.9 Å². The van der Waals surface area contributed by atoms with Crippen molar-refractivity contribution >= 4 is 21.6 Å². The SMILES string of the molecule is COc1ccc(Cl)cc1C(C)NCC(C)(C)NS(C)(=O)=O. The van der Waals surface area contributed by atoms with Gasteiger partial charge >= 0.3 is 0 Å². The molecule has 5 nitrogen and oxygen atoms in total. The van der Waals surface area contributed by atoms with E-state index in [1.807, 2.05) is 32.9 Å². The number of halogens is 1. The van der Waals surface area contributed by atoms with Gasteiger partial charge in [0.1, 0.15) is 5.75 Å². The third kappa shape index (κ3) is 6.22. The van der Waals surface area contributed by atoms with Gasteiger partial charge in [-0.2, -0.15) is 0 Å². The highest BCUT2D eigenvalue weighted by molar-refractivity contribution is 7.88. The molecule has 0 heterocycles. The van der Waals surface area contributed by atoms with Gasteiger partial charge in [0.15, 0.2) is 0 Å². The highest BCUT2D eigenvalue weighted by Gasteiger charge is 2.23. The normalized spacial score (nSPS) is 14.0. The Balaban J connectivity index is 2.78. The summed E-state index contributed by atoms with van der Waals surface area (Å²) in [5.41, 5.74) is 0.341. The van der Waals surface area contributed by atoms with Crippen LogP contribution in [0.1, 0.15) is 32.4 Å². The van der Waals surface area contributed by atoms with Crippen LogP contribution in [0.5, 0.6) is 5.75 Å². The van der Waals surface area contributed by atoms with E-state index in [2.05, 4.69) is 10.0 Å². The molecule has 0 radical (unpaired) electrons. The number of benzene rings is 1. The average molecular weight is 335 g/mol. The molecular weight excluding hydrogens is 312 g/mol. The first-order valence-electron chi connectivity index (χ1n) is 6.60. The standard InChI is InChI=1S/C14H23ClN2O3S/c1-10(12-8-11(15)6-7-13(12)20-4)16-9-14(2,3)17-21(5,18)19/h6-8,10,16-17H,9H2,1-5H3. The number of nitrogens with one attached hydrogen (secondary N) is 2. The van der Waals surface area contributed by atoms with E-state index in [-0.39, 0.29) is 6.04 Å². The summed E-state index contributed by atoms with van der Waals surface area (Å²) < 4.78 is 30.6. The van der Waals surface area contributed by atoms with Gasteiger partial charge in [-0.25, -0.2) is 13.1 Å². The van der Waals surface area contributed by atoms with Crippen LogP contribution in [0.15, 0.2) is 18.2 Å². The fourth-order valence-electron chi connectivity index (χ4n) is 2.10. The van der Waals surface area contributed by atoms with Gasteiger partial charge in [-0.1, -0.05) is 11.6 Å². The van der Waals surface area contributed by atoms with Crippen LogP contribution in [0, 0.1) is 0 Å². The number of sulfonamides is 1. The molecule has 0 saturated heterocycles. The Kier molecular flexibility index (Phi) is 6.04.